The fourth-order valence-corrected chi connectivity index (χ4v) is 4.12. The number of para-hydroxylation sites is 1. The molecule has 1 aromatic carbocycles. The molecule has 1 unspecified atom stereocenters. The van der Waals surface area contributed by atoms with Gasteiger partial charge in [0.15, 0.2) is 0 Å². The van der Waals surface area contributed by atoms with Crippen LogP contribution in [0.4, 0.5) is 10.8 Å². The Balaban J connectivity index is 1.69. The van der Waals surface area contributed by atoms with E-state index in [1.165, 1.54) is 16.9 Å². The van der Waals surface area contributed by atoms with Crippen LogP contribution in [0.1, 0.15) is 57.0 Å². The third kappa shape index (κ3) is 4.71. The smallest absolute Gasteiger partial charge is 0.227 e. The molecule has 1 aliphatic rings. The van der Waals surface area contributed by atoms with Crippen LogP contribution >= 0.6 is 11.3 Å². The number of nitrogens with zero attached hydrogens (tertiary/aromatic N) is 3. The molecule has 2 heterocycles. The van der Waals surface area contributed by atoms with Gasteiger partial charge >= 0.3 is 0 Å². The number of hydrogen-bond donors (Lipinski definition) is 1. The molecule has 1 fully saturated rings. The van der Waals surface area contributed by atoms with E-state index < -0.39 is 0 Å². The van der Waals surface area contributed by atoms with Crippen molar-refractivity contribution in [2.45, 2.75) is 52.9 Å². The van der Waals surface area contributed by atoms with Gasteiger partial charge in [-0.25, -0.2) is 0 Å². The molecule has 3 rings (SSSR count). The van der Waals surface area contributed by atoms with Crippen LogP contribution in [0.3, 0.4) is 0 Å². The third-order valence-electron chi connectivity index (χ3n) is 4.52. The summed E-state index contributed by atoms with van der Waals surface area (Å²) in [6, 6.07) is 8.02. The van der Waals surface area contributed by atoms with E-state index in [1.807, 2.05) is 43.9 Å². The van der Waals surface area contributed by atoms with Crippen LogP contribution in [-0.4, -0.2) is 28.6 Å². The van der Waals surface area contributed by atoms with Gasteiger partial charge < -0.3 is 10.2 Å². The highest BCUT2D eigenvalue weighted by molar-refractivity contribution is 7.15. The van der Waals surface area contributed by atoms with Crippen molar-refractivity contribution in [1.29, 1.82) is 0 Å². The predicted octanol–water partition coefficient (Wildman–Crippen LogP) is 4.00. The standard InChI is InChI=1S/C20H26N4O2S/c1-5-13-8-6-7-9-15(13)24-12-14(10-17(24)26)18-22-23-19(27-18)21-16(25)11-20(2,3)4/h6-9,14H,5,10-12H2,1-4H3,(H,21,23,25). The first-order valence-electron chi connectivity index (χ1n) is 9.28. The number of benzene rings is 1. The lowest BCUT2D eigenvalue weighted by Crippen LogP contribution is -2.25. The molecule has 6 nitrogen and oxygen atoms in total. The first-order chi connectivity index (χ1) is 12.8. The lowest BCUT2D eigenvalue weighted by Gasteiger charge is -2.19. The van der Waals surface area contributed by atoms with E-state index in [9.17, 15) is 9.59 Å². The van der Waals surface area contributed by atoms with Crippen molar-refractivity contribution in [2.24, 2.45) is 5.41 Å². The van der Waals surface area contributed by atoms with Crippen molar-refractivity contribution in [3.05, 3.63) is 34.8 Å². The van der Waals surface area contributed by atoms with Gasteiger partial charge in [0.1, 0.15) is 5.01 Å². The van der Waals surface area contributed by atoms with Crippen LogP contribution < -0.4 is 10.2 Å². The highest BCUT2D eigenvalue weighted by Crippen LogP contribution is 2.35. The number of aryl methyl sites for hydroxylation is 1. The van der Waals surface area contributed by atoms with Crippen LogP contribution in [0.5, 0.6) is 0 Å². The van der Waals surface area contributed by atoms with Crippen molar-refractivity contribution in [3.63, 3.8) is 0 Å². The fourth-order valence-electron chi connectivity index (χ4n) is 3.27. The average molecular weight is 387 g/mol. The predicted molar refractivity (Wildman–Crippen MR) is 108 cm³/mol. The lowest BCUT2D eigenvalue weighted by molar-refractivity contribution is -0.118. The zero-order valence-electron chi connectivity index (χ0n) is 16.3. The van der Waals surface area contributed by atoms with Crippen LogP contribution in [0.15, 0.2) is 24.3 Å². The second kappa shape index (κ2) is 7.76. The van der Waals surface area contributed by atoms with Gasteiger partial charge in [-0.2, -0.15) is 0 Å². The molecule has 1 aromatic heterocycles. The first kappa shape index (κ1) is 19.5. The second-order valence-electron chi connectivity index (χ2n) is 8.12. The van der Waals surface area contributed by atoms with E-state index in [2.05, 4.69) is 28.5 Å². The summed E-state index contributed by atoms with van der Waals surface area (Å²) in [6.07, 6.45) is 1.72. The first-order valence-corrected chi connectivity index (χ1v) is 10.1. The van der Waals surface area contributed by atoms with Gasteiger partial charge in [0, 0.05) is 31.0 Å². The Bertz CT molecular complexity index is 841. The van der Waals surface area contributed by atoms with Gasteiger partial charge in [-0.05, 0) is 23.5 Å². The molecule has 0 saturated carbocycles. The number of anilines is 2. The maximum atomic E-state index is 12.6. The van der Waals surface area contributed by atoms with Gasteiger partial charge in [-0.3, -0.25) is 9.59 Å². The largest absolute Gasteiger partial charge is 0.311 e. The van der Waals surface area contributed by atoms with Gasteiger partial charge in [-0.15, -0.1) is 10.2 Å². The number of rotatable bonds is 5. The molecule has 0 aliphatic carbocycles. The number of carbonyl (C=O) groups is 2. The summed E-state index contributed by atoms with van der Waals surface area (Å²) < 4.78 is 0. The molecular formula is C20H26N4O2S. The van der Waals surface area contributed by atoms with Gasteiger partial charge in [0.25, 0.3) is 0 Å². The number of carbonyl (C=O) groups excluding carboxylic acids is 2. The van der Waals surface area contributed by atoms with Crippen LogP contribution in [0, 0.1) is 5.41 Å². The molecule has 0 spiro atoms. The van der Waals surface area contributed by atoms with Crippen molar-refractivity contribution in [1.82, 2.24) is 10.2 Å². The summed E-state index contributed by atoms with van der Waals surface area (Å²) in [7, 11) is 0. The molecule has 1 aliphatic heterocycles. The van der Waals surface area contributed by atoms with Crippen LogP contribution in [0.2, 0.25) is 0 Å². The van der Waals surface area contributed by atoms with Crippen molar-refractivity contribution in [3.8, 4) is 0 Å². The van der Waals surface area contributed by atoms with E-state index in [0.29, 0.717) is 24.5 Å². The minimum Gasteiger partial charge on any atom is -0.311 e. The Morgan fingerprint density at radius 1 is 1.30 bits per heavy atom. The monoisotopic (exact) mass is 386 g/mol. The zero-order chi connectivity index (χ0) is 19.6. The zero-order valence-corrected chi connectivity index (χ0v) is 17.1. The summed E-state index contributed by atoms with van der Waals surface area (Å²) in [4.78, 5) is 26.5. The number of amides is 2. The molecule has 2 amide bonds. The highest BCUT2D eigenvalue weighted by Gasteiger charge is 2.34. The topological polar surface area (TPSA) is 75.2 Å². The maximum absolute atomic E-state index is 12.6. The molecule has 27 heavy (non-hydrogen) atoms. The molecule has 1 atom stereocenters. The molecule has 2 aromatic rings. The van der Waals surface area contributed by atoms with Crippen molar-refractivity contribution in [2.75, 3.05) is 16.8 Å². The van der Waals surface area contributed by atoms with Crippen molar-refractivity contribution < 1.29 is 9.59 Å². The molecular weight excluding hydrogens is 360 g/mol. The fraction of sp³-hybridized carbons (Fsp3) is 0.500. The second-order valence-corrected chi connectivity index (χ2v) is 9.13. The Morgan fingerprint density at radius 2 is 2.04 bits per heavy atom. The molecule has 0 bridgehead atoms. The Morgan fingerprint density at radius 3 is 2.74 bits per heavy atom. The molecule has 0 radical (unpaired) electrons. The van der Waals surface area contributed by atoms with E-state index in [0.717, 1.165) is 17.1 Å². The SMILES string of the molecule is CCc1ccccc1N1CC(c2nnc(NC(=O)CC(C)(C)C)s2)CC1=O. The van der Waals surface area contributed by atoms with E-state index in [-0.39, 0.29) is 23.1 Å². The Hall–Kier alpha value is -2.28. The molecule has 7 heteroatoms. The minimum absolute atomic E-state index is 0.00757. The third-order valence-corrected chi connectivity index (χ3v) is 5.52. The van der Waals surface area contributed by atoms with Crippen molar-refractivity contribution >= 4 is 34.0 Å². The van der Waals surface area contributed by atoms with Gasteiger partial charge in [0.2, 0.25) is 16.9 Å². The van der Waals surface area contributed by atoms with Crippen LogP contribution in [0.25, 0.3) is 0 Å². The van der Waals surface area contributed by atoms with Gasteiger partial charge in [0.05, 0.1) is 0 Å². The van der Waals surface area contributed by atoms with Crippen LogP contribution in [-0.2, 0) is 16.0 Å². The molecule has 1 saturated heterocycles. The Kier molecular flexibility index (Phi) is 5.60. The maximum Gasteiger partial charge on any atom is 0.227 e. The summed E-state index contributed by atoms with van der Waals surface area (Å²) in [5.41, 5.74) is 2.07. The summed E-state index contributed by atoms with van der Waals surface area (Å²) in [5.74, 6) is 0.0498. The van der Waals surface area contributed by atoms with Gasteiger partial charge in [-0.1, -0.05) is 57.2 Å². The number of nitrogens with one attached hydrogen (secondary N) is 1. The normalized spacial score (nSPS) is 17.4. The number of aromatic nitrogens is 2. The lowest BCUT2D eigenvalue weighted by atomic mass is 9.92. The van der Waals surface area contributed by atoms with E-state index in [4.69, 9.17) is 0 Å². The molecule has 144 valence electrons. The average Bonchev–Trinajstić information content (AvgIpc) is 3.19. The quantitative estimate of drug-likeness (QED) is 0.843. The van der Waals surface area contributed by atoms with E-state index in [1.54, 1.807) is 0 Å². The summed E-state index contributed by atoms with van der Waals surface area (Å²) >= 11 is 1.36. The van der Waals surface area contributed by atoms with E-state index >= 15 is 0 Å². The Labute approximate surface area is 164 Å². The summed E-state index contributed by atoms with van der Waals surface area (Å²) in [5, 5.41) is 12.4. The highest BCUT2D eigenvalue weighted by atomic mass is 32.1. The minimum atomic E-state index is -0.0807. The molecule has 1 N–H and O–H groups in total. The summed E-state index contributed by atoms with van der Waals surface area (Å²) in [6.45, 7) is 8.75. The number of hydrogen-bond acceptors (Lipinski definition) is 5.